The van der Waals surface area contributed by atoms with Gasteiger partial charge >= 0.3 is 0 Å². The molecule has 0 aliphatic rings. The SMILES string of the molecule is Cc1ccc(S(=O)(=O)N(C)Cc2ccccc2)cc1N. The van der Waals surface area contributed by atoms with Crippen molar-refractivity contribution in [3.63, 3.8) is 0 Å². The summed E-state index contributed by atoms with van der Waals surface area (Å²) >= 11 is 0. The fourth-order valence-corrected chi connectivity index (χ4v) is 3.08. The molecule has 0 atom stereocenters. The number of sulfonamides is 1. The minimum Gasteiger partial charge on any atom is -0.398 e. The van der Waals surface area contributed by atoms with Gasteiger partial charge in [0.25, 0.3) is 0 Å². The van der Waals surface area contributed by atoms with Crippen molar-refractivity contribution < 1.29 is 8.42 Å². The average molecular weight is 290 g/mol. The molecule has 0 bridgehead atoms. The molecule has 0 unspecified atom stereocenters. The van der Waals surface area contributed by atoms with E-state index in [0.29, 0.717) is 12.2 Å². The first kappa shape index (κ1) is 14.6. The molecule has 0 heterocycles. The van der Waals surface area contributed by atoms with Gasteiger partial charge in [-0.2, -0.15) is 4.31 Å². The van der Waals surface area contributed by atoms with Gasteiger partial charge < -0.3 is 5.73 Å². The third kappa shape index (κ3) is 3.00. The molecule has 2 N–H and O–H groups in total. The van der Waals surface area contributed by atoms with Crippen LogP contribution in [0.3, 0.4) is 0 Å². The highest BCUT2D eigenvalue weighted by Gasteiger charge is 2.21. The number of hydrogen-bond acceptors (Lipinski definition) is 3. The first-order valence-electron chi connectivity index (χ1n) is 6.27. The van der Waals surface area contributed by atoms with Gasteiger partial charge in [0.2, 0.25) is 10.0 Å². The van der Waals surface area contributed by atoms with Crippen LogP contribution < -0.4 is 5.73 Å². The summed E-state index contributed by atoms with van der Waals surface area (Å²) in [4.78, 5) is 0.221. The summed E-state index contributed by atoms with van der Waals surface area (Å²) in [6.07, 6.45) is 0. The van der Waals surface area contributed by atoms with Crippen LogP contribution in [0.4, 0.5) is 5.69 Å². The number of nitrogens with zero attached hydrogens (tertiary/aromatic N) is 1. The van der Waals surface area contributed by atoms with Gasteiger partial charge in [0.05, 0.1) is 4.90 Å². The van der Waals surface area contributed by atoms with Crippen molar-refractivity contribution in [3.8, 4) is 0 Å². The molecule has 20 heavy (non-hydrogen) atoms. The molecule has 4 nitrogen and oxygen atoms in total. The zero-order valence-electron chi connectivity index (χ0n) is 11.6. The number of anilines is 1. The second-order valence-corrected chi connectivity index (χ2v) is 6.81. The lowest BCUT2D eigenvalue weighted by Gasteiger charge is -2.18. The van der Waals surface area contributed by atoms with Gasteiger partial charge in [-0.25, -0.2) is 8.42 Å². The summed E-state index contributed by atoms with van der Waals surface area (Å²) in [5, 5.41) is 0. The van der Waals surface area contributed by atoms with Crippen LogP contribution in [-0.4, -0.2) is 19.8 Å². The first-order valence-corrected chi connectivity index (χ1v) is 7.71. The molecule has 0 amide bonds. The predicted molar refractivity (Wildman–Crippen MR) is 80.7 cm³/mol. The maximum Gasteiger partial charge on any atom is 0.243 e. The van der Waals surface area contributed by atoms with E-state index in [1.165, 1.54) is 10.4 Å². The average Bonchev–Trinajstić information content (AvgIpc) is 2.42. The normalized spacial score (nSPS) is 11.8. The van der Waals surface area contributed by atoms with Gasteiger partial charge in [0, 0.05) is 19.3 Å². The molecule has 0 aliphatic heterocycles. The number of rotatable bonds is 4. The Hall–Kier alpha value is -1.85. The van der Waals surface area contributed by atoms with Gasteiger partial charge in [-0.1, -0.05) is 36.4 Å². The third-order valence-electron chi connectivity index (χ3n) is 3.21. The summed E-state index contributed by atoms with van der Waals surface area (Å²) in [6, 6.07) is 14.3. The largest absolute Gasteiger partial charge is 0.398 e. The standard InChI is InChI=1S/C15H18N2O2S/c1-12-8-9-14(10-15(12)16)20(18,19)17(2)11-13-6-4-3-5-7-13/h3-10H,11,16H2,1-2H3. The van der Waals surface area contributed by atoms with Crippen LogP contribution in [-0.2, 0) is 16.6 Å². The Morgan fingerprint density at radius 2 is 1.75 bits per heavy atom. The molecule has 2 aromatic carbocycles. The van der Waals surface area contributed by atoms with E-state index in [4.69, 9.17) is 5.73 Å². The maximum absolute atomic E-state index is 12.5. The van der Waals surface area contributed by atoms with Crippen molar-refractivity contribution in [1.82, 2.24) is 4.31 Å². The molecule has 0 spiro atoms. The fraction of sp³-hybridized carbons (Fsp3) is 0.200. The van der Waals surface area contributed by atoms with E-state index >= 15 is 0 Å². The Labute approximate surface area is 119 Å². The summed E-state index contributed by atoms with van der Waals surface area (Å²) < 4.78 is 26.3. The zero-order valence-corrected chi connectivity index (χ0v) is 12.4. The molecule has 2 rings (SSSR count). The Morgan fingerprint density at radius 3 is 2.35 bits per heavy atom. The number of hydrogen-bond donors (Lipinski definition) is 1. The van der Waals surface area contributed by atoms with Gasteiger partial charge in [-0.15, -0.1) is 0 Å². The van der Waals surface area contributed by atoms with E-state index < -0.39 is 10.0 Å². The number of nitrogens with two attached hydrogens (primary N) is 1. The van der Waals surface area contributed by atoms with E-state index in [9.17, 15) is 8.42 Å². The molecule has 0 fully saturated rings. The second kappa shape index (κ2) is 5.64. The van der Waals surface area contributed by atoms with Crippen molar-refractivity contribution in [2.45, 2.75) is 18.4 Å². The molecule has 2 aromatic rings. The van der Waals surface area contributed by atoms with Crippen LogP contribution in [0.5, 0.6) is 0 Å². The topological polar surface area (TPSA) is 63.4 Å². The van der Waals surface area contributed by atoms with Gasteiger partial charge in [0.1, 0.15) is 0 Å². The Bertz CT molecular complexity index is 697. The van der Waals surface area contributed by atoms with Gasteiger partial charge in [-0.05, 0) is 30.2 Å². The first-order chi connectivity index (χ1) is 9.41. The second-order valence-electron chi connectivity index (χ2n) is 4.77. The molecule has 0 saturated carbocycles. The summed E-state index contributed by atoms with van der Waals surface area (Å²) in [7, 11) is -1.96. The van der Waals surface area contributed by atoms with Crippen LogP contribution in [0.15, 0.2) is 53.4 Å². The van der Waals surface area contributed by atoms with Crippen LogP contribution in [0, 0.1) is 6.92 Å². The van der Waals surface area contributed by atoms with Crippen molar-refractivity contribution in [2.24, 2.45) is 0 Å². The predicted octanol–water partition coefficient (Wildman–Crippen LogP) is 2.40. The molecular formula is C15H18N2O2S. The van der Waals surface area contributed by atoms with E-state index in [-0.39, 0.29) is 4.90 Å². The van der Waals surface area contributed by atoms with Crippen LogP contribution in [0.2, 0.25) is 0 Å². The lowest BCUT2D eigenvalue weighted by atomic mass is 10.2. The highest BCUT2D eigenvalue weighted by atomic mass is 32.2. The summed E-state index contributed by atoms with van der Waals surface area (Å²) in [6.45, 7) is 2.18. The van der Waals surface area contributed by atoms with Gasteiger partial charge in [-0.3, -0.25) is 0 Å². The molecule has 0 aromatic heterocycles. The molecule has 0 radical (unpaired) electrons. The van der Waals surface area contributed by atoms with Crippen LogP contribution in [0.25, 0.3) is 0 Å². The van der Waals surface area contributed by atoms with Crippen molar-refractivity contribution in [1.29, 1.82) is 0 Å². The van der Waals surface area contributed by atoms with E-state index in [0.717, 1.165) is 11.1 Å². The lowest BCUT2D eigenvalue weighted by Crippen LogP contribution is -2.26. The summed E-state index contributed by atoms with van der Waals surface area (Å²) in [5.74, 6) is 0. The molecule has 5 heteroatoms. The van der Waals surface area contributed by atoms with E-state index in [2.05, 4.69) is 0 Å². The fourth-order valence-electron chi connectivity index (χ4n) is 1.88. The highest BCUT2D eigenvalue weighted by Crippen LogP contribution is 2.21. The van der Waals surface area contributed by atoms with Crippen molar-refractivity contribution in [3.05, 3.63) is 59.7 Å². The number of aryl methyl sites for hydroxylation is 1. The zero-order chi connectivity index (χ0) is 14.8. The lowest BCUT2D eigenvalue weighted by molar-refractivity contribution is 0.467. The van der Waals surface area contributed by atoms with Crippen LogP contribution >= 0.6 is 0 Å². The molecular weight excluding hydrogens is 272 g/mol. The quantitative estimate of drug-likeness (QED) is 0.879. The van der Waals surface area contributed by atoms with Crippen molar-refractivity contribution in [2.75, 3.05) is 12.8 Å². The highest BCUT2D eigenvalue weighted by molar-refractivity contribution is 7.89. The van der Waals surface area contributed by atoms with Crippen LogP contribution in [0.1, 0.15) is 11.1 Å². The molecule has 0 saturated heterocycles. The number of nitrogen functional groups attached to an aromatic ring is 1. The molecule has 0 aliphatic carbocycles. The van der Waals surface area contributed by atoms with E-state index in [1.807, 2.05) is 37.3 Å². The Kier molecular flexibility index (Phi) is 4.11. The van der Waals surface area contributed by atoms with Crippen molar-refractivity contribution >= 4 is 15.7 Å². The smallest absolute Gasteiger partial charge is 0.243 e. The minimum absolute atomic E-state index is 0.221. The number of benzene rings is 2. The minimum atomic E-state index is -3.52. The molecule has 106 valence electrons. The Balaban J connectivity index is 2.27. The van der Waals surface area contributed by atoms with Gasteiger partial charge in [0.15, 0.2) is 0 Å². The summed E-state index contributed by atoms with van der Waals surface area (Å²) in [5.41, 5.74) is 8.09. The maximum atomic E-state index is 12.5. The Morgan fingerprint density at radius 1 is 1.10 bits per heavy atom. The third-order valence-corrected chi connectivity index (χ3v) is 5.01. The van der Waals surface area contributed by atoms with E-state index in [1.54, 1.807) is 19.2 Å². The monoisotopic (exact) mass is 290 g/mol.